The Morgan fingerprint density at radius 2 is 2.20 bits per heavy atom. The maximum absolute atomic E-state index is 12.2. The van der Waals surface area contributed by atoms with Gasteiger partial charge in [0.15, 0.2) is 0 Å². The fourth-order valence-electron chi connectivity index (χ4n) is 2.33. The molecule has 1 fully saturated rings. The number of carbonyl (C=O) groups is 1. The van der Waals surface area contributed by atoms with Crippen LogP contribution in [0.25, 0.3) is 0 Å². The van der Waals surface area contributed by atoms with Gasteiger partial charge in [-0.25, -0.2) is 0 Å². The van der Waals surface area contributed by atoms with Crippen LogP contribution in [0.15, 0.2) is 18.2 Å². The van der Waals surface area contributed by atoms with E-state index in [9.17, 15) is 4.79 Å². The van der Waals surface area contributed by atoms with Gasteiger partial charge < -0.3 is 15.8 Å². The molecule has 0 radical (unpaired) electrons. The Labute approximate surface area is 120 Å². The van der Waals surface area contributed by atoms with Crippen molar-refractivity contribution in [2.75, 3.05) is 12.3 Å². The molecule has 1 aromatic rings. The summed E-state index contributed by atoms with van der Waals surface area (Å²) in [7, 11) is 0. The molecule has 3 N–H and O–H groups in total. The minimum Gasteiger partial charge on any atom is -0.492 e. The first-order chi connectivity index (χ1) is 9.63. The molecule has 0 aliphatic heterocycles. The molecule has 1 aliphatic rings. The lowest BCUT2D eigenvalue weighted by Gasteiger charge is -2.17. The third kappa shape index (κ3) is 3.89. The minimum atomic E-state index is -0.0488. The second-order valence-electron chi connectivity index (χ2n) is 5.44. The first-order valence-electron chi connectivity index (χ1n) is 7.47. The van der Waals surface area contributed by atoms with E-state index >= 15 is 0 Å². The van der Waals surface area contributed by atoms with E-state index in [2.05, 4.69) is 12.2 Å². The average molecular weight is 276 g/mol. The van der Waals surface area contributed by atoms with Crippen LogP contribution < -0.4 is 15.8 Å². The minimum absolute atomic E-state index is 0.0488. The highest BCUT2D eigenvalue weighted by Gasteiger charge is 2.25. The molecule has 0 aromatic heterocycles. The summed E-state index contributed by atoms with van der Waals surface area (Å²) >= 11 is 0. The number of benzene rings is 1. The second kappa shape index (κ2) is 6.64. The fourth-order valence-corrected chi connectivity index (χ4v) is 2.33. The standard InChI is InChI=1S/C16H24N2O2/c1-3-13(9-11-5-6-11)18-16(19)12-7-8-15(20-4-2)14(17)10-12/h7-8,10-11,13H,3-6,9,17H2,1-2H3,(H,18,19). The molecule has 1 saturated carbocycles. The molecule has 1 amide bonds. The smallest absolute Gasteiger partial charge is 0.251 e. The third-order valence-corrected chi connectivity index (χ3v) is 3.71. The van der Waals surface area contributed by atoms with Crippen molar-refractivity contribution >= 4 is 11.6 Å². The van der Waals surface area contributed by atoms with Crippen molar-refractivity contribution in [3.05, 3.63) is 23.8 Å². The van der Waals surface area contributed by atoms with Gasteiger partial charge in [-0.15, -0.1) is 0 Å². The molecule has 1 aliphatic carbocycles. The quantitative estimate of drug-likeness (QED) is 0.752. The molecule has 0 bridgehead atoms. The van der Waals surface area contributed by atoms with Crippen LogP contribution in [-0.2, 0) is 0 Å². The molecule has 0 saturated heterocycles. The molecule has 0 spiro atoms. The maximum Gasteiger partial charge on any atom is 0.251 e. The van der Waals surface area contributed by atoms with Gasteiger partial charge in [0.05, 0.1) is 12.3 Å². The summed E-state index contributed by atoms with van der Waals surface area (Å²) < 4.78 is 5.38. The van der Waals surface area contributed by atoms with E-state index in [4.69, 9.17) is 10.5 Å². The van der Waals surface area contributed by atoms with Gasteiger partial charge in [-0.05, 0) is 43.9 Å². The number of nitrogens with two attached hydrogens (primary N) is 1. The van der Waals surface area contributed by atoms with Gasteiger partial charge in [-0.2, -0.15) is 0 Å². The first-order valence-corrected chi connectivity index (χ1v) is 7.47. The van der Waals surface area contributed by atoms with Gasteiger partial charge >= 0.3 is 0 Å². The lowest BCUT2D eigenvalue weighted by Crippen LogP contribution is -2.34. The number of anilines is 1. The first kappa shape index (κ1) is 14.7. The highest BCUT2D eigenvalue weighted by atomic mass is 16.5. The Morgan fingerprint density at radius 3 is 2.75 bits per heavy atom. The van der Waals surface area contributed by atoms with Gasteiger partial charge in [0.25, 0.3) is 5.91 Å². The second-order valence-corrected chi connectivity index (χ2v) is 5.44. The van der Waals surface area contributed by atoms with Crippen LogP contribution in [0.5, 0.6) is 5.75 Å². The lowest BCUT2D eigenvalue weighted by atomic mass is 10.1. The van der Waals surface area contributed by atoms with Crippen LogP contribution >= 0.6 is 0 Å². The number of amides is 1. The Hall–Kier alpha value is -1.71. The topological polar surface area (TPSA) is 64.3 Å². The zero-order valence-electron chi connectivity index (χ0n) is 12.3. The largest absolute Gasteiger partial charge is 0.492 e. The number of nitrogen functional groups attached to an aromatic ring is 1. The summed E-state index contributed by atoms with van der Waals surface area (Å²) in [4.78, 5) is 12.2. The van der Waals surface area contributed by atoms with Gasteiger partial charge in [-0.1, -0.05) is 19.8 Å². The SMILES string of the molecule is CCOc1ccc(C(=O)NC(CC)CC2CC2)cc1N. The third-order valence-electron chi connectivity index (χ3n) is 3.71. The molecular formula is C16H24N2O2. The Kier molecular flexibility index (Phi) is 4.88. The number of carbonyl (C=O) groups excluding carboxylic acids is 1. The van der Waals surface area contributed by atoms with Crippen LogP contribution in [0.4, 0.5) is 5.69 Å². The fraction of sp³-hybridized carbons (Fsp3) is 0.562. The van der Waals surface area contributed by atoms with E-state index in [1.54, 1.807) is 18.2 Å². The Morgan fingerprint density at radius 1 is 1.45 bits per heavy atom. The predicted molar refractivity (Wildman–Crippen MR) is 80.9 cm³/mol. The Balaban J connectivity index is 1.98. The van der Waals surface area contributed by atoms with Crippen LogP contribution in [0, 0.1) is 5.92 Å². The van der Waals surface area contributed by atoms with Crippen molar-refractivity contribution in [3.63, 3.8) is 0 Å². The molecule has 20 heavy (non-hydrogen) atoms. The number of hydrogen-bond acceptors (Lipinski definition) is 3. The average Bonchev–Trinajstić information content (AvgIpc) is 3.24. The van der Waals surface area contributed by atoms with Crippen molar-refractivity contribution in [2.45, 2.75) is 45.6 Å². The summed E-state index contributed by atoms with van der Waals surface area (Å²) in [5.74, 6) is 1.40. The zero-order chi connectivity index (χ0) is 14.5. The normalized spacial score (nSPS) is 15.7. The number of nitrogens with one attached hydrogen (secondary N) is 1. The van der Waals surface area contributed by atoms with Gasteiger partial charge in [-0.3, -0.25) is 4.79 Å². The Bertz CT molecular complexity index is 470. The van der Waals surface area contributed by atoms with Crippen LogP contribution in [0.1, 0.15) is 49.9 Å². The van der Waals surface area contributed by atoms with E-state index in [-0.39, 0.29) is 11.9 Å². The van der Waals surface area contributed by atoms with E-state index in [0.29, 0.717) is 23.6 Å². The lowest BCUT2D eigenvalue weighted by molar-refractivity contribution is 0.0932. The summed E-state index contributed by atoms with van der Waals surface area (Å²) in [5.41, 5.74) is 7.00. The summed E-state index contributed by atoms with van der Waals surface area (Å²) in [5, 5.41) is 3.10. The van der Waals surface area contributed by atoms with E-state index in [1.165, 1.54) is 12.8 Å². The van der Waals surface area contributed by atoms with Crippen molar-refractivity contribution in [1.29, 1.82) is 0 Å². The molecule has 110 valence electrons. The molecule has 2 rings (SSSR count). The van der Waals surface area contributed by atoms with Crippen molar-refractivity contribution in [3.8, 4) is 5.75 Å². The van der Waals surface area contributed by atoms with Crippen molar-refractivity contribution in [1.82, 2.24) is 5.32 Å². The van der Waals surface area contributed by atoms with Crippen LogP contribution in [-0.4, -0.2) is 18.6 Å². The van der Waals surface area contributed by atoms with Crippen molar-refractivity contribution in [2.24, 2.45) is 5.92 Å². The monoisotopic (exact) mass is 276 g/mol. The highest BCUT2D eigenvalue weighted by molar-refractivity contribution is 5.95. The molecule has 1 unspecified atom stereocenters. The van der Waals surface area contributed by atoms with E-state index in [0.717, 1.165) is 18.8 Å². The zero-order valence-corrected chi connectivity index (χ0v) is 12.3. The van der Waals surface area contributed by atoms with Crippen LogP contribution in [0.3, 0.4) is 0 Å². The molecule has 0 heterocycles. The van der Waals surface area contributed by atoms with Gasteiger partial charge in [0.2, 0.25) is 0 Å². The van der Waals surface area contributed by atoms with E-state index in [1.807, 2.05) is 6.92 Å². The predicted octanol–water partition coefficient (Wildman–Crippen LogP) is 2.98. The molecule has 1 atom stereocenters. The summed E-state index contributed by atoms with van der Waals surface area (Å²) in [6.07, 6.45) is 4.67. The maximum atomic E-state index is 12.2. The number of hydrogen-bond donors (Lipinski definition) is 2. The van der Waals surface area contributed by atoms with Gasteiger partial charge in [0.1, 0.15) is 5.75 Å². The molecule has 4 nitrogen and oxygen atoms in total. The number of rotatable bonds is 7. The number of ether oxygens (including phenoxy) is 1. The van der Waals surface area contributed by atoms with Crippen molar-refractivity contribution < 1.29 is 9.53 Å². The molecular weight excluding hydrogens is 252 g/mol. The van der Waals surface area contributed by atoms with Crippen LogP contribution in [0.2, 0.25) is 0 Å². The summed E-state index contributed by atoms with van der Waals surface area (Å²) in [6, 6.07) is 5.48. The van der Waals surface area contributed by atoms with Gasteiger partial charge in [0, 0.05) is 11.6 Å². The highest BCUT2D eigenvalue weighted by Crippen LogP contribution is 2.34. The molecule has 4 heteroatoms. The summed E-state index contributed by atoms with van der Waals surface area (Å²) in [6.45, 7) is 4.58. The van der Waals surface area contributed by atoms with E-state index < -0.39 is 0 Å². The molecule has 1 aromatic carbocycles.